The molecule has 1 aliphatic heterocycles. The van der Waals surface area contributed by atoms with Crippen LogP contribution in [0.4, 0.5) is 17.1 Å². The maximum atomic E-state index is 12.2. The van der Waals surface area contributed by atoms with Crippen molar-refractivity contribution >= 4 is 23.0 Å². The topological polar surface area (TPSA) is 108 Å². The van der Waals surface area contributed by atoms with E-state index in [2.05, 4.69) is 10.6 Å². The van der Waals surface area contributed by atoms with Crippen molar-refractivity contribution in [3.05, 3.63) is 44.2 Å². The number of carbonyl (C=O) groups is 1. The number of amides is 1. The van der Waals surface area contributed by atoms with E-state index in [1.54, 1.807) is 26.2 Å². The number of carbonyl (C=O) groups excluding carboxylic acids is 1. The number of para-hydroxylation sites is 1. The van der Waals surface area contributed by atoms with Crippen molar-refractivity contribution in [1.29, 1.82) is 0 Å². The van der Waals surface area contributed by atoms with E-state index in [0.29, 0.717) is 0 Å². The Morgan fingerprint density at radius 1 is 1.24 bits per heavy atom. The van der Waals surface area contributed by atoms with Gasteiger partial charge in [0, 0.05) is 14.1 Å². The van der Waals surface area contributed by atoms with Crippen LogP contribution < -0.4 is 21.5 Å². The second-order valence-electron chi connectivity index (χ2n) is 7.66. The van der Waals surface area contributed by atoms with Gasteiger partial charge in [-0.15, -0.1) is 0 Å². The molecule has 3 atom stereocenters. The first-order chi connectivity index (χ1) is 13.7. The average Bonchev–Trinajstić information content (AvgIpc) is 3.13. The number of anilines is 3. The number of nitrogens with zero attached hydrogens (tertiary/aromatic N) is 1. The highest BCUT2D eigenvalue weighted by Crippen LogP contribution is 2.33. The van der Waals surface area contributed by atoms with Gasteiger partial charge < -0.3 is 25.4 Å². The maximum Gasteiger partial charge on any atom is 0.257 e. The zero-order valence-corrected chi connectivity index (χ0v) is 17.1. The minimum atomic E-state index is -0.660. The fraction of sp³-hybridized carbons (Fsp3) is 0.476. The van der Waals surface area contributed by atoms with Crippen LogP contribution in [0.5, 0.6) is 5.75 Å². The van der Waals surface area contributed by atoms with Crippen molar-refractivity contribution in [2.24, 2.45) is 0 Å². The Morgan fingerprint density at radius 2 is 1.93 bits per heavy atom. The zero-order chi connectivity index (χ0) is 21.3. The first kappa shape index (κ1) is 20.9. The molecule has 29 heavy (non-hydrogen) atoms. The van der Waals surface area contributed by atoms with Crippen LogP contribution in [0.15, 0.2) is 27.8 Å². The van der Waals surface area contributed by atoms with Crippen molar-refractivity contribution in [3.63, 3.8) is 0 Å². The lowest BCUT2D eigenvalue weighted by atomic mass is 10.0. The van der Waals surface area contributed by atoms with E-state index in [0.717, 1.165) is 19.3 Å². The van der Waals surface area contributed by atoms with Gasteiger partial charge in [-0.25, -0.2) is 0 Å². The van der Waals surface area contributed by atoms with Crippen LogP contribution in [0.2, 0.25) is 0 Å². The smallest absolute Gasteiger partial charge is 0.257 e. The van der Waals surface area contributed by atoms with Crippen molar-refractivity contribution in [3.8, 4) is 5.75 Å². The Kier molecular flexibility index (Phi) is 5.93. The maximum absolute atomic E-state index is 12.2. The molecule has 2 aromatic carbocycles. The summed E-state index contributed by atoms with van der Waals surface area (Å²) in [5.41, 5.74) is -0.693. The molecule has 0 bridgehead atoms. The van der Waals surface area contributed by atoms with Crippen LogP contribution in [-0.4, -0.2) is 48.3 Å². The lowest BCUT2D eigenvalue weighted by Gasteiger charge is -2.26. The summed E-state index contributed by atoms with van der Waals surface area (Å²) in [4.78, 5) is 37.9. The molecule has 1 heterocycles. The number of ether oxygens (including phenoxy) is 1. The van der Waals surface area contributed by atoms with Crippen LogP contribution in [0.25, 0.3) is 0 Å². The molecule has 0 saturated carbocycles. The van der Waals surface area contributed by atoms with E-state index < -0.39 is 10.9 Å². The largest absolute Gasteiger partial charge is 0.505 e. The summed E-state index contributed by atoms with van der Waals surface area (Å²) in [6.07, 6.45) is 2.73. The van der Waals surface area contributed by atoms with E-state index in [1.165, 1.54) is 11.0 Å². The highest BCUT2D eigenvalue weighted by molar-refractivity contribution is 5.99. The Balaban J connectivity index is 1.84. The quantitative estimate of drug-likeness (QED) is 0.482. The summed E-state index contributed by atoms with van der Waals surface area (Å²) < 4.78 is 5.90. The number of hydrogen-bond acceptors (Lipinski definition) is 7. The molecule has 1 aliphatic rings. The van der Waals surface area contributed by atoms with Gasteiger partial charge in [0.2, 0.25) is 0 Å². The first-order valence-corrected chi connectivity index (χ1v) is 9.80. The van der Waals surface area contributed by atoms with Gasteiger partial charge in [-0.3, -0.25) is 14.4 Å². The summed E-state index contributed by atoms with van der Waals surface area (Å²) in [7, 11) is 3.16. The summed E-state index contributed by atoms with van der Waals surface area (Å²) in [6, 6.07) is 4.54. The van der Waals surface area contributed by atoms with Crippen LogP contribution in [-0.2, 0) is 4.74 Å². The molecule has 3 N–H and O–H groups in total. The van der Waals surface area contributed by atoms with Gasteiger partial charge in [-0.1, -0.05) is 13.0 Å². The van der Waals surface area contributed by atoms with E-state index >= 15 is 0 Å². The molecule has 1 saturated heterocycles. The molecule has 0 aromatic heterocycles. The molecule has 0 spiro atoms. The van der Waals surface area contributed by atoms with Gasteiger partial charge in [0.1, 0.15) is 11.4 Å². The standard InChI is InChI=1S/C21H27N3O5/c1-5-13(15-10-9-11(2)29-15)22-16-17(20(27)19(16)26)23-14-8-6-7-12(18(14)25)21(28)24(3)4/h6-8,11,13,15,22-23,25H,5,9-10H2,1-4H3/t11-,13?,15-/m0/s1. The minimum Gasteiger partial charge on any atom is -0.505 e. The van der Waals surface area contributed by atoms with E-state index in [1.807, 2.05) is 13.8 Å². The number of hydrogen-bond donors (Lipinski definition) is 3. The van der Waals surface area contributed by atoms with Crippen LogP contribution in [0.3, 0.4) is 0 Å². The Bertz CT molecular complexity index is 977. The molecule has 8 nitrogen and oxygen atoms in total. The molecule has 0 radical (unpaired) electrons. The third-order valence-electron chi connectivity index (χ3n) is 5.33. The monoisotopic (exact) mass is 401 g/mol. The van der Waals surface area contributed by atoms with Gasteiger partial charge >= 0.3 is 0 Å². The Morgan fingerprint density at radius 3 is 2.52 bits per heavy atom. The van der Waals surface area contributed by atoms with Crippen molar-refractivity contribution in [1.82, 2.24) is 4.90 Å². The van der Waals surface area contributed by atoms with Crippen LogP contribution in [0.1, 0.15) is 43.5 Å². The molecule has 1 fully saturated rings. The van der Waals surface area contributed by atoms with Crippen molar-refractivity contribution in [2.75, 3.05) is 24.7 Å². The second-order valence-corrected chi connectivity index (χ2v) is 7.66. The molecule has 1 amide bonds. The fourth-order valence-electron chi connectivity index (χ4n) is 3.61. The molecular formula is C21H27N3O5. The third kappa shape index (κ3) is 3.98. The third-order valence-corrected chi connectivity index (χ3v) is 5.33. The lowest BCUT2D eigenvalue weighted by molar-refractivity contribution is 0.0438. The summed E-state index contributed by atoms with van der Waals surface area (Å²) >= 11 is 0. The molecule has 0 aliphatic carbocycles. The first-order valence-electron chi connectivity index (χ1n) is 9.80. The van der Waals surface area contributed by atoms with Gasteiger partial charge in [0.15, 0.2) is 5.75 Å². The molecule has 156 valence electrons. The molecule has 3 rings (SSSR count). The lowest BCUT2D eigenvalue weighted by Crippen LogP contribution is -2.42. The summed E-state index contributed by atoms with van der Waals surface area (Å²) in [5, 5.41) is 16.5. The zero-order valence-electron chi connectivity index (χ0n) is 17.1. The molecule has 1 unspecified atom stereocenters. The Hall–Kier alpha value is -2.87. The summed E-state index contributed by atoms with van der Waals surface area (Å²) in [6.45, 7) is 4.01. The molecule has 8 heteroatoms. The normalized spacial score (nSPS) is 19.9. The highest BCUT2D eigenvalue weighted by atomic mass is 16.5. The second kappa shape index (κ2) is 8.24. The van der Waals surface area contributed by atoms with Gasteiger partial charge in [0.25, 0.3) is 16.8 Å². The van der Waals surface area contributed by atoms with E-state index in [-0.39, 0.29) is 52.5 Å². The highest BCUT2D eigenvalue weighted by Gasteiger charge is 2.32. The van der Waals surface area contributed by atoms with Crippen molar-refractivity contribution in [2.45, 2.75) is 51.4 Å². The average molecular weight is 401 g/mol. The van der Waals surface area contributed by atoms with E-state index in [4.69, 9.17) is 4.74 Å². The molecule has 2 aromatic rings. The molecular weight excluding hydrogens is 374 g/mol. The number of nitrogens with one attached hydrogen (secondary N) is 2. The predicted octanol–water partition coefficient (Wildman–Crippen LogP) is 2.19. The van der Waals surface area contributed by atoms with E-state index in [9.17, 15) is 19.5 Å². The SMILES string of the molecule is CCC(Nc1c(Nc2cccc(C(=O)N(C)C)c2O)c(=O)c1=O)[C@@H]1CC[C@H](C)O1. The number of aromatic hydroxyl groups is 1. The van der Waals surface area contributed by atoms with Crippen molar-refractivity contribution < 1.29 is 14.6 Å². The fourth-order valence-corrected chi connectivity index (χ4v) is 3.61. The Labute approximate surface area is 169 Å². The van der Waals surface area contributed by atoms with Gasteiger partial charge in [0.05, 0.1) is 29.5 Å². The van der Waals surface area contributed by atoms with Crippen LogP contribution in [0, 0.1) is 0 Å². The number of phenolic OH excluding ortho intramolecular Hbond substituents is 1. The number of rotatable bonds is 7. The predicted molar refractivity (Wildman–Crippen MR) is 112 cm³/mol. The number of benzene rings is 1. The summed E-state index contributed by atoms with van der Waals surface area (Å²) in [5.74, 6) is -0.641. The van der Waals surface area contributed by atoms with Gasteiger partial charge in [-0.2, -0.15) is 0 Å². The van der Waals surface area contributed by atoms with Gasteiger partial charge in [-0.05, 0) is 38.3 Å². The minimum absolute atomic E-state index is 0.0262. The number of phenols is 1. The van der Waals surface area contributed by atoms with Crippen LogP contribution >= 0.6 is 0 Å².